The molecule has 0 atom stereocenters. The highest BCUT2D eigenvalue weighted by Gasteiger charge is 2.19. The second kappa shape index (κ2) is 16.0. The van der Waals surface area contributed by atoms with Crippen LogP contribution in [0, 0.1) is 0 Å². The molecule has 0 heterocycles. The van der Waals surface area contributed by atoms with Crippen LogP contribution in [0.2, 0.25) is 0 Å². The lowest BCUT2D eigenvalue weighted by atomic mass is 9.97. The SMILES string of the molecule is CCCCCCCCc1cc(OC(=O)c2ccccc2C(=O)O)c2cc(CCCCCCCC)ccc2c1. The number of unbranched alkanes of at least 4 members (excludes halogenated alkanes) is 10. The lowest BCUT2D eigenvalue weighted by Crippen LogP contribution is -2.14. The van der Waals surface area contributed by atoms with E-state index in [1.54, 1.807) is 12.1 Å². The number of aryl methyl sites for hydroxylation is 2. The molecule has 0 saturated heterocycles. The van der Waals surface area contributed by atoms with Gasteiger partial charge in [-0.3, -0.25) is 0 Å². The van der Waals surface area contributed by atoms with Gasteiger partial charge in [-0.25, -0.2) is 9.59 Å². The number of hydrogen-bond acceptors (Lipinski definition) is 3. The number of carboxylic acid groups (broad SMARTS) is 1. The molecule has 0 fully saturated rings. The van der Waals surface area contributed by atoms with Gasteiger partial charge < -0.3 is 9.84 Å². The van der Waals surface area contributed by atoms with Crippen molar-refractivity contribution < 1.29 is 19.4 Å². The molecule has 0 unspecified atom stereocenters. The Morgan fingerprint density at radius 2 is 1.24 bits per heavy atom. The van der Waals surface area contributed by atoms with Crippen molar-refractivity contribution in [1.29, 1.82) is 0 Å². The third-order valence-electron chi connectivity index (χ3n) is 7.26. The van der Waals surface area contributed by atoms with E-state index in [2.05, 4.69) is 38.1 Å². The maximum absolute atomic E-state index is 13.2. The van der Waals surface area contributed by atoms with Gasteiger partial charge in [-0.05, 0) is 66.5 Å². The van der Waals surface area contributed by atoms with E-state index in [1.807, 2.05) is 6.07 Å². The van der Waals surface area contributed by atoms with Gasteiger partial charge in [-0.2, -0.15) is 0 Å². The lowest BCUT2D eigenvalue weighted by molar-refractivity contribution is 0.0668. The van der Waals surface area contributed by atoms with E-state index in [9.17, 15) is 14.7 Å². The Hall–Kier alpha value is -3.14. The predicted octanol–water partition coefficient (Wildman–Crippen LogP) is 9.56. The van der Waals surface area contributed by atoms with Crippen LogP contribution in [0.25, 0.3) is 10.8 Å². The summed E-state index contributed by atoms with van der Waals surface area (Å²) < 4.78 is 5.93. The molecule has 4 heteroatoms. The fourth-order valence-corrected chi connectivity index (χ4v) is 5.04. The summed E-state index contributed by atoms with van der Waals surface area (Å²) in [6, 6.07) is 16.9. The first-order valence-corrected chi connectivity index (χ1v) is 14.6. The van der Waals surface area contributed by atoms with Crippen LogP contribution in [0.3, 0.4) is 0 Å². The molecule has 3 rings (SSSR count). The molecule has 0 amide bonds. The van der Waals surface area contributed by atoms with Crippen molar-refractivity contribution in [1.82, 2.24) is 0 Å². The smallest absolute Gasteiger partial charge is 0.344 e. The summed E-state index contributed by atoms with van der Waals surface area (Å²) in [6.45, 7) is 4.46. The highest BCUT2D eigenvalue weighted by atomic mass is 16.5. The zero-order chi connectivity index (χ0) is 27.2. The maximum Gasteiger partial charge on any atom is 0.344 e. The van der Waals surface area contributed by atoms with E-state index in [0.717, 1.165) is 42.0 Å². The summed E-state index contributed by atoms with van der Waals surface area (Å²) in [5.74, 6) is -1.26. The van der Waals surface area contributed by atoms with Crippen LogP contribution in [0.4, 0.5) is 0 Å². The fraction of sp³-hybridized carbons (Fsp3) is 0.471. The van der Waals surface area contributed by atoms with Gasteiger partial charge >= 0.3 is 11.9 Å². The fourth-order valence-electron chi connectivity index (χ4n) is 5.04. The summed E-state index contributed by atoms with van der Waals surface area (Å²) >= 11 is 0. The average molecular weight is 517 g/mol. The first kappa shape index (κ1) is 29.4. The van der Waals surface area contributed by atoms with Crippen molar-refractivity contribution in [3.05, 3.63) is 76.9 Å². The Labute approximate surface area is 228 Å². The monoisotopic (exact) mass is 516 g/mol. The summed E-state index contributed by atoms with van der Waals surface area (Å²) in [5.41, 5.74) is 2.40. The van der Waals surface area contributed by atoms with Crippen LogP contribution in [0.5, 0.6) is 5.75 Å². The van der Waals surface area contributed by atoms with E-state index in [-0.39, 0.29) is 11.1 Å². The molecule has 3 aromatic rings. The molecule has 1 N–H and O–H groups in total. The minimum atomic E-state index is -1.14. The van der Waals surface area contributed by atoms with Crippen LogP contribution in [-0.2, 0) is 12.8 Å². The molecule has 0 saturated carbocycles. The number of esters is 1. The topological polar surface area (TPSA) is 63.6 Å². The molecule has 0 bridgehead atoms. The largest absolute Gasteiger partial charge is 0.478 e. The van der Waals surface area contributed by atoms with E-state index >= 15 is 0 Å². The van der Waals surface area contributed by atoms with Crippen LogP contribution < -0.4 is 4.74 Å². The van der Waals surface area contributed by atoms with Crippen molar-refractivity contribution >= 4 is 22.7 Å². The molecule has 3 aromatic carbocycles. The lowest BCUT2D eigenvalue weighted by Gasteiger charge is -2.13. The highest BCUT2D eigenvalue weighted by Crippen LogP contribution is 2.31. The first-order valence-electron chi connectivity index (χ1n) is 14.6. The standard InChI is InChI=1S/C34H44O4/c1-3-5-7-9-11-13-17-26-21-22-28-23-27(18-14-12-10-8-6-4-2)25-32(31(28)24-26)38-34(37)30-20-16-15-19-29(30)33(35)36/h15-16,19-25H,3-14,17-18H2,1-2H3,(H,35,36). The molecule has 0 aromatic heterocycles. The third-order valence-corrected chi connectivity index (χ3v) is 7.26. The molecule has 0 radical (unpaired) electrons. The Morgan fingerprint density at radius 3 is 1.87 bits per heavy atom. The Kier molecular flexibility index (Phi) is 12.4. The number of carboxylic acids is 1. The quantitative estimate of drug-likeness (QED) is 0.110. The number of hydrogen-bond donors (Lipinski definition) is 1. The zero-order valence-electron chi connectivity index (χ0n) is 23.3. The van der Waals surface area contributed by atoms with E-state index in [0.29, 0.717) is 5.75 Å². The molecule has 0 spiro atoms. The van der Waals surface area contributed by atoms with Crippen LogP contribution in [0.1, 0.15) is 123 Å². The molecule has 4 nitrogen and oxygen atoms in total. The summed E-state index contributed by atoms with van der Waals surface area (Å²) in [7, 11) is 0. The average Bonchev–Trinajstić information content (AvgIpc) is 2.92. The minimum absolute atomic E-state index is 0.0474. The van der Waals surface area contributed by atoms with Gasteiger partial charge in [-0.15, -0.1) is 0 Å². The van der Waals surface area contributed by atoms with Gasteiger partial charge in [0, 0.05) is 5.39 Å². The molecule has 0 aliphatic rings. The van der Waals surface area contributed by atoms with Gasteiger partial charge in [0.05, 0.1) is 11.1 Å². The van der Waals surface area contributed by atoms with E-state index < -0.39 is 11.9 Å². The number of benzene rings is 3. The third kappa shape index (κ3) is 9.01. The number of carbonyl (C=O) groups is 2. The molecule has 38 heavy (non-hydrogen) atoms. The number of rotatable bonds is 17. The highest BCUT2D eigenvalue weighted by molar-refractivity contribution is 6.04. The van der Waals surface area contributed by atoms with Crippen molar-refractivity contribution in [2.45, 2.75) is 104 Å². The van der Waals surface area contributed by atoms with E-state index in [1.165, 1.54) is 81.9 Å². The number of ether oxygens (including phenoxy) is 1. The molecule has 0 aliphatic carbocycles. The number of aromatic carboxylic acids is 1. The Morgan fingerprint density at radius 1 is 0.658 bits per heavy atom. The maximum atomic E-state index is 13.2. The molecular formula is C34H44O4. The molecular weight excluding hydrogens is 472 g/mol. The molecule has 204 valence electrons. The zero-order valence-corrected chi connectivity index (χ0v) is 23.3. The van der Waals surface area contributed by atoms with Gasteiger partial charge in [-0.1, -0.05) is 108 Å². The first-order chi connectivity index (χ1) is 18.5. The van der Waals surface area contributed by atoms with Crippen molar-refractivity contribution in [3.63, 3.8) is 0 Å². The summed E-state index contributed by atoms with van der Waals surface area (Å²) in [5, 5.41) is 11.5. The van der Waals surface area contributed by atoms with Crippen molar-refractivity contribution in [2.24, 2.45) is 0 Å². The normalized spacial score (nSPS) is 11.1. The second-order valence-electron chi connectivity index (χ2n) is 10.4. The van der Waals surface area contributed by atoms with Crippen LogP contribution in [-0.4, -0.2) is 17.0 Å². The summed E-state index contributed by atoms with van der Waals surface area (Å²) in [6.07, 6.45) is 16.8. The van der Waals surface area contributed by atoms with Gasteiger partial charge in [0.25, 0.3) is 0 Å². The van der Waals surface area contributed by atoms with E-state index in [4.69, 9.17) is 4.74 Å². The van der Waals surface area contributed by atoms with Crippen molar-refractivity contribution in [3.8, 4) is 5.75 Å². The Bertz CT molecular complexity index is 1180. The number of carbonyl (C=O) groups excluding carboxylic acids is 1. The summed E-state index contributed by atoms with van der Waals surface area (Å²) in [4.78, 5) is 24.8. The van der Waals surface area contributed by atoms with Crippen LogP contribution >= 0.6 is 0 Å². The van der Waals surface area contributed by atoms with Gasteiger partial charge in [0.1, 0.15) is 5.75 Å². The predicted molar refractivity (Wildman–Crippen MR) is 156 cm³/mol. The Balaban J connectivity index is 1.81. The van der Waals surface area contributed by atoms with Crippen LogP contribution in [0.15, 0.2) is 54.6 Å². The number of fused-ring (bicyclic) bond motifs is 1. The molecule has 0 aliphatic heterocycles. The van der Waals surface area contributed by atoms with Crippen molar-refractivity contribution in [2.75, 3.05) is 0 Å². The second-order valence-corrected chi connectivity index (χ2v) is 10.4. The minimum Gasteiger partial charge on any atom is -0.478 e. The van der Waals surface area contributed by atoms with Gasteiger partial charge in [0.2, 0.25) is 0 Å². The van der Waals surface area contributed by atoms with Gasteiger partial charge in [0.15, 0.2) is 0 Å².